The summed E-state index contributed by atoms with van der Waals surface area (Å²) in [5.74, 6) is 4.72. The summed E-state index contributed by atoms with van der Waals surface area (Å²) in [4.78, 5) is 15.2. The first kappa shape index (κ1) is 28.4. The third-order valence-corrected chi connectivity index (χ3v) is 11.6. The van der Waals surface area contributed by atoms with Crippen LogP contribution in [0.3, 0.4) is 0 Å². The molecule has 11 rings (SSSR count). The second-order valence-electron chi connectivity index (χ2n) is 14.7. The molecule has 4 aliphatic rings. The van der Waals surface area contributed by atoms with Crippen molar-refractivity contribution in [3.63, 3.8) is 0 Å². The molecule has 5 heteroatoms. The van der Waals surface area contributed by atoms with Crippen molar-refractivity contribution in [2.24, 2.45) is 17.8 Å². The summed E-state index contributed by atoms with van der Waals surface area (Å²) in [7, 11) is 0. The van der Waals surface area contributed by atoms with Crippen molar-refractivity contribution in [1.82, 2.24) is 19.5 Å². The van der Waals surface area contributed by atoms with Crippen LogP contribution in [0.5, 0.6) is 0 Å². The van der Waals surface area contributed by atoms with Gasteiger partial charge < -0.3 is 4.57 Å². The van der Waals surface area contributed by atoms with Crippen LogP contribution in [0.15, 0.2) is 121 Å². The molecule has 0 saturated heterocycles. The highest BCUT2D eigenvalue weighted by Crippen LogP contribution is 2.60. The van der Waals surface area contributed by atoms with Crippen LogP contribution in [0, 0.1) is 29.1 Å². The van der Waals surface area contributed by atoms with Crippen molar-refractivity contribution in [2.75, 3.05) is 0 Å². The Morgan fingerprint density at radius 1 is 0.551 bits per heavy atom. The lowest BCUT2D eigenvalue weighted by atomic mass is 9.48. The van der Waals surface area contributed by atoms with E-state index in [1.807, 2.05) is 48.5 Å². The Hall–Kier alpha value is -5.60. The minimum absolute atomic E-state index is 0.355. The van der Waals surface area contributed by atoms with Crippen LogP contribution in [0.25, 0.3) is 61.7 Å². The first-order chi connectivity index (χ1) is 24.1. The SMILES string of the molecule is N#Cc1ccc2c3ccc(-c4nc(-c5ccccc5)nc(-c5ccc(C67C[C@H]8C[C@@H](C6)C[C@@H](C7)C8)cc5)n4)cc3n(-c3ccccc3)c2c1. The second-order valence-corrected chi connectivity index (χ2v) is 14.7. The average Bonchev–Trinajstić information content (AvgIpc) is 3.47. The molecule has 4 saturated carbocycles. The van der Waals surface area contributed by atoms with E-state index < -0.39 is 0 Å². The van der Waals surface area contributed by atoms with Gasteiger partial charge in [-0.25, -0.2) is 15.0 Å². The molecule has 0 radical (unpaired) electrons. The van der Waals surface area contributed by atoms with Crippen molar-refractivity contribution in [3.8, 4) is 45.9 Å². The minimum Gasteiger partial charge on any atom is -0.309 e. The highest BCUT2D eigenvalue weighted by molar-refractivity contribution is 6.10. The van der Waals surface area contributed by atoms with Gasteiger partial charge in [0.2, 0.25) is 0 Å². The lowest BCUT2D eigenvalue weighted by Crippen LogP contribution is -2.48. The van der Waals surface area contributed by atoms with Crippen molar-refractivity contribution in [1.29, 1.82) is 5.26 Å². The second kappa shape index (κ2) is 11.0. The monoisotopic (exact) mass is 633 g/mol. The molecule has 2 heterocycles. The molecular weight excluding hydrogens is 599 g/mol. The molecule has 7 aromatic rings. The van der Waals surface area contributed by atoms with Gasteiger partial charge in [-0.3, -0.25) is 0 Å². The highest BCUT2D eigenvalue weighted by Gasteiger charge is 2.51. The molecule has 4 fully saturated rings. The number of rotatable bonds is 5. The molecular formula is C44H35N5. The molecule has 5 aromatic carbocycles. The van der Waals surface area contributed by atoms with Gasteiger partial charge in [0.05, 0.1) is 22.7 Å². The van der Waals surface area contributed by atoms with Crippen molar-refractivity contribution in [3.05, 3.63) is 132 Å². The smallest absolute Gasteiger partial charge is 0.164 e. The first-order valence-corrected chi connectivity index (χ1v) is 17.6. The summed E-state index contributed by atoms with van der Waals surface area (Å²) in [6.07, 6.45) is 8.41. The molecule has 4 bridgehead atoms. The Bertz CT molecular complexity index is 2380. The third kappa shape index (κ3) is 4.70. The molecule has 49 heavy (non-hydrogen) atoms. The van der Waals surface area contributed by atoms with Gasteiger partial charge in [-0.2, -0.15) is 5.26 Å². The third-order valence-electron chi connectivity index (χ3n) is 11.6. The number of aromatic nitrogens is 4. The van der Waals surface area contributed by atoms with Gasteiger partial charge in [0, 0.05) is 33.2 Å². The van der Waals surface area contributed by atoms with E-state index in [9.17, 15) is 5.26 Å². The van der Waals surface area contributed by atoms with Crippen LogP contribution in [0.2, 0.25) is 0 Å². The van der Waals surface area contributed by atoms with E-state index in [1.165, 1.54) is 44.1 Å². The Kier molecular flexibility index (Phi) is 6.36. The van der Waals surface area contributed by atoms with Crippen molar-refractivity contribution < 1.29 is 0 Å². The molecule has 0 unspecified atom stereocenters. The van der Waals surface area contributed by atoms with Crippen LogP contribution >= 0.6 is 0 Å². The van der Waals surface area contributed by atoms with E-state index in [0.717, 1.165) is 61.9 Å². The van der Waals surface area contributed by atoms with Crippen LogP contribution in [0.1, 0.15) is 49.7 Å². The van der Waals surface area contributed by atoms with Gasteiger partial charge in [0.1, 0.15) is 0 Å². The number of fused-ring (bicyclic) bond motifs is 3. The minimum atomic E-state index is 0.355. The number of benzene rings is 5. The van der Waals surface area contributed by atoms with Crippen LogP contribution in [0.4, 0.5) is 0 Å². The number of nitrogens with zero attached hydrogens (tertiary/aromatic N) is 5. The summed E-state index contributed by atoms with van der Waals surface area (Å²) >= 11 is 0. The largest absolute Gasteiger partial charge is 0.309 e. The normalized spacial score (nSPS) is 22.5. The summed E-state index contributed by atoms with van der Waals surface area (Å²) in [5.41, 5.74) is 8.46. The van der Waals surface area contributed by atoms with E-state index >= 15 is 0 Å². The van der Waals surface area contributed by atoms with E-state index in [0.29, 0.717) is 28.5 Å². The molecule has 0 N–H and O–H groups in total. The van der Waals surface area contributed by atoms with E-state index in [2.05, 4.69) is 83.4 Å². The van der Waals surface area contributed by atoms with E-state index in [1.54, 1.807) is 0 Å². The van der Waals surface area contributed by atoms with Gasteiger partial charge in [-0.1, -0.05) is 91.0 Å². The molecule has 4 aliphatic carbocycles. The number of hydrogen-bond donors (Lipinski definition) is 0. The van der Waals surface area contributed by atoms with Gasteiger partial charge in [-0.05, 0) is 97.6 Å². The number of hydrogen-bond acceptors (Lipinski definition) is 4. The predicted octanol–water partition coefficient (Wildman–Crippen LogP) is 10.3. The van der Waals surface area contributed by atoms with Gasteiger partial charge in [0.25, 0.3) is 0 Å². The van der Waals surface area contributed by atoms with Crippen LogP contribution < -0.4 is 0 Å². The summed E-state index contributed by atoms with van der Waals surface area (Å²) in [6, 6.07) is 44.4. The molecule has 236 valence electrons. The standard InChI is InChI=1S/C44H35N5/c45-27-28-11-17-37-38-18-14-34(23-40(38)49(39(37)22-28)36-9-5-2-6-10-36)43-47-41(32-7-3-1-4-8-32)46-42(48-43)33-12-15-35(16-13-33)44-24-29-19-30(25-44)21-31(20-29)26-44/h1-18,22-23,29-31H,19-21,24-26H2/t29-,30+,31-,44?. The Labute approximate surface area is 285 Å². The lowest BCUT2D eigenvalue weighted by Gasteiger charge is -2.57. The zero-order valence-electron chi connectivity index (χ0n) is 27.3. The number of nitriles is 1. The summed E-state index contributed by atoms with van der Waals surface area (Å²) in [5, 5.41) is 11.9. The van der Waals surface area contributed by atoms with Gasteiger partial charge in [0.15, 0.2) is 17.5 Å². The fourth-order valence-electron chi connectivity index (χ4n) is 9.87. The predicted molar refractivity (Wildman–Crippen MR) is 195 cm³/mol. The molecule has 0 amide bonds. The fraction of sp³-hybridized carbons (Fsp3) is 0.227. The maximum atomic E-state index is 9.72. The summed E-state index contributed by atoms with van der Waals surface area (Å²) in [6.45, 7) is 0. The van der Waals surface area contributed by atoms with Crippen molar-refractivity contribution in [2.45, 2.75) is 43.9 Å². The zero-order valence-corrected chi connectivity index (χ0v) is 27.3. The van der Waals surface area contributed by atoms with Crippen LogP contribution in [-0.2, 0) is 5.41 Å². The molecule has 0 spiro atoms. The summed E-state index contributed by atoms with van der Waals surface area (Å²) < 4.78 is 2.23. The molecule has 5 nitrogen and oxygen atoms in total. The highest BCUT2D eigenvalue weighted by atomic mass is 15.0. The lowest BCUT2D eigenvalue weighted by molar-refractivity contribution is -0.00518. The topological polar surface area (TPSA) is 67.4 Å². The Morgan fingerprint density at radius 3 is 1.67 bits per heavy atom. The van der Waals surface area contributed by atoms with Crippen molar-refractivity contribution >= 4 is 21.8 Å². The number of para-hydroxylation sites is 1. The quantitative estimate of drug-likeness (QED) is 0.189. The van der Waals surface area contributed by atoms with E-state index in [-0.39, 0.29) is 0 Å². The molecule has 0 atom stereocenters. The Balaban J connectivity index is 1.11. The van der Waals surface area contributed by atoms with Gasteiger partial charge >= 0.3 is 0 Å². The molecule has 2 aromatic heterocycles. The van der Waals surface area contributed by atoms with Gasteiger partial charge in [-0.15, -0.1) is 0 Å². The molecule has 0 aliphatic heterocycles. The maximum Gasteiger partial charge on any atom is 0.164 e. The fourth-order valence-corrected chi connectivity index (χ4v) is 9.87. The van der Waals surface area contributed by atoms with Crippen LogP contribution in [-0.4, -0.2) is 19.5 Å². The van der Waals surface area contributed by atoms with E-state index in [4.69, 9.17) is 15.0 Å². The zero-order chi connectivity index (χ0) is 32.5. The average molecular weight is 634 g/mol. The first-order valence-electron chi connectivity index (χ1n) is 17.6. The maximum absolute atomic E-state index is 9.72. The Morgan fingerprint density at radius 2 is 1.06 bits per heavy atom.